The van der Waals surface area contributed by atoms with Crippen LogP contribution in [0.5, 0.6) is 0 Å². The maximum atomic E-state index is 12.7. The summed E-state index contributed by atoms with van der Waals surface area (Å²) in [5.74, 6) is -1.48. The first-order valence-electron chi connectivity index (χ1n) is 9.54. The number of likely N-dealkylation sites (tertiary alicyclic amines) is 1. The van der Waals surface area contributed by atoms with Crippen LogP contribution in [0.25, 0.3) is 0 Å². The van der Waals surface area contributed by atoms with Crippen LogP contribution in [0.4, 0.5) is 4.79 Å². The van der Waals surface area contributed by atoms with Crippen molar-refractivity contribution < 1.29 is 24.2 Å². The Morgan fingerprint density at radius 3 is 2.33 bits per heavy atom. The van der Waals surface area contributed by atoms with Gasteiger partial charge in [0.25, 0.3) is 0 Å². The molecule has 1 aliphatic heterocycles. The molecule has 2 fully saturated rings. The van der Waals surface area contributed by atoms with Gasteiger partial charge in [-0.25, -0.2) is 4.79 Å². The monoisotopic (exact) mass is 379 g/mol. The van der Waals surface area contributed by atoms with Crippen LogP contribution in [-0.4, -0.2) is 63.7 Å². The highest BCUT2D eigenvalue weighted by atomic mass is 16.6. The highest BCUT2D eigenvalue weighted by molar-refractivity contribution is 5.83. The van der Waals surface area contributed by atoms with Crippen LogP contribution in [-0.2, 0) is 14.3 Å². The van der Waals surface area contributed by atoms with E-state index in [0.29, 0.717) is 38.6 Å². The number of rotatable bonds is 4. The van der Waals surface area contributed by atoms with E-state index in [-0.39, 0.29) is 18.5 Å². The molecule has 0 spiro atoms. The van der Waals surface area contributed by atoms with Gasteiger partial charge >= 0.3 is 12.1 Å². The Labute approximate surface area is 160 Å². The van der Waals surface area contributed by atoms with E-state index in [0.717, 1.165) is 6.42 Å². The van der Waals surface area contributed by atoms with Crippen LogP contribution in [0.2, 0.25) is 0 Å². The Bertz CT molecular complexity index is 614. The molecule has 0 unspecified atom stereocenters. The second-order valence-electron chi connectivity index (χ2n) is 8.33. The number of carboxylic acid groups (broad SMARTS) is 1. The third kappa shape index (κ3) is 5.59. The zero-order valence-corrected chi connectivity index (χ0v) is 16.3. The van der Waals surface area contributed by atoms with E-state index in [1.165, 1.54) is 9.80 Å². The Hall–Kier alpha value is -2.30. The predicted octanol–water partition coefficient (Wildman–Crippen LogP) is 2.38. The summed E-state index contributed by atoms with van der Waals surface area (Å²) in [6.07, 6.45) is 2.84. The number of ether oxygens (including phenoxy) is 1. The van der Waals surface area contributed by atoms with Gasteiger partial charge in [0.15, 0.2) is 0 Å². The molecule has 150 valence electrons. The van der Waals surface area contributed by atoms with Gasteiger partial charge in [-0.1, -0.05) is 0 Å². The van der Waals surface area contributed by atoms with Crippen LogP contribution in [0.3, 0.4) is 0 Å². The Kier molecular flexibility index (Phi) is 6.68. The van der Waals surface area contributed by atoms with Crippen LogP contribution in [0.15, 0.2) is 0 Å². The topological polar surface area (TPSA) is 111 Å². The smallest absolute Gasteiger partial charge is 0.411 e. The van der Waals surface area contributed by atoms with E-state index in [9.17, 15) is 24.8 Å². The van der Waals surface area contributed by atoms with Crippen molar-refractivity contribution in [3.05, 3.63) is 0 Å². The maximum absolute atomic E-state index is 12.7. The number of hydrogen-bond acceptors (Lipinski definition) is 5. The van der Waals surface area contributed by atoms with Crippen molar-refractivity contribution in [1.82, 2.24) is 9.80 Å². The van der Waals surface area contributed by atoms with Gasteiger partial charge in [-0.05, 0) is 59.3 Å². The van der Waals surface area contributed by atoms with Gasteiger partial charge in [-0.2, -0.15) is 5.26 Å². The molecule has 0 aromatic carbocycles. The molecule has 1 aliphatic carbocycles. The number of carbonyl (C=O) groups excluding carboxylic acids is 2. The summed E-state index contributed by atoms with van der Waals surface area (Å²) in [6.45, 7) is 5.66. The summed E-state index contributed by atoms with van der Waals surface area (Å²) in [6, 6.07) is 1.46. The van der Waals surface area contributed by atoms with Gasteiger partial charge in [-0.3, -0.25) is 14.5 Å². The van der Waals surface area contributed by atoms with Crippen molar-refractivity contribution in [3.63, 3.8) is 0 Å². The first-order chi connectivity index (χ1) is 12.6. The highest BCUT2D eigenvalue weighted by Crippen LogP contribution is 2.29. The van der Waals surface area contributed by atoms with Crippen molar-refractivity contribution in [1.29, 1.82) is 5.26 Å². The van der Waals surface area contributed by atoms with Crippen molar-refractivity contribution in [2.24, 2.45) is 5.92 Å². The van der Waals surface area contributed by atoms with Gasteiger partial charge in [-0.15, -0.1) is 0 Å². The molecule has 8 nitrogen and oxygen atoms in total. The Morgan fingerprint density at radius 2 is 1.81 bits per heavy atom. The molecule has 8 heteroatoms. The van der Waals surface area contributed by atoms with E-state index in [4.69, 9.17) is 4.74 Å². The molecule has 2 rings (SSSR count). The van der Waals surface area contributed by atoms with Crippen molar-refractivity contribution in [2.75, 3.05) is 13.1 Å². The van der Waals surface area contributed by atoms with Crippen LogP contribution in [0.1, 0.15) is 59.3 Å². The van der Waals surface area contributed by atoms with Crippen LogP contribution < -0.4 is 0 Å². The molecule has 1 atom stereocenters. The lowest BCUT2D eigenvalue weighted by Crippen LogP contribution is -2.51. The molecular formula is C19H29N3O5. The average Bonchev–Trinajstić information content (AvgIpc) is 3.06. The normalized spacial score (nSPS) is 25.6. The van der Waals surface area contributed by atoms with Crippen LogP contribution in [0, 0.1) is 17.2 Å². The van der Waals surface area contributed by atoms with E-state index in [1.54, 1.807) is 20.8 Å². The van der Waals surface area contributed by atoms with Gasteiger partial charge in [0.05, 0.1) is 12.0 Å². The molecule has 0 bridgehead atoms. The Balaban J connectivity index is 2.10. The first kappa shape index (κ1) is 21.0. The first-order valence-corrected chi connectivity index (χ1v) is 9.54. The summed E-state index contributed by atoms with van der Waals surface area (Å²) in [7, 11) is 0. The van der Waals surface area contributed by atoms with Gasteiger partial charge in [0.1, 0.15) is 18.2 Å². The predicted molar refractivity (Wildman–Crippen MR) is 96.7 cm³/mol. The lowest BCUT2D eigenvalue weighted by atomic mass is 9.85. The fourth-order valence-electron chi connectivity index (χ4n) is 3.73. The largest absolute Gasteiger partial charge is 0.481 e. The summed E-state index contributed by atoms with van der Waals surface area (Å²) < 4.78 is 5.48. The van der Waals surface area contributed by atoms with Crippen molar-refractivity contribution in [2.45, 2.75) is 77.0 Å². The lowest BCUT2D eigenvalue weighted by Gasteiger charge is -2.37. The number of hydrogen-bond donors (Lipinski definition) is 1. The minimum absolute atomic E-state index is 0.143. The molecule has 0 aromatic heterocycles. The number of amides is 2. The Morgan fingerprint density at radius 1 is 1.19 bits per heavy atom. The molecule has 0 radical (unpaired) electrons. The molecule has 0 aromatic rings. The maximum Gasteiger partial charge on any atom is 0.411 e. The van der Waals surface area contributed by atoms with Crippen LogP contribution >= 0.6 is 0 Å². The third-order valence-electron chi connectivity index (χ3n) is 5.14. The second kappa shape index (κ2) is 8.59. The molecule has 1 saturated carbocycles. The molecular weight excluding hydrogens is 350 g/mol. The SMILES string of the molecule is CC(C)(C)OC(=O)N(CC(=O)N1CCC[C@H]1C#N)[C@H]1CC[C@H](C(=O)O)CC1. The van der Waals surface area contributed by atoms with Crippen molar-refractivity contribution >= 4 is 18.0 Å². The third-order valence-corrected chi connectivity index (χ3v) is 5.14. The zero-order valence-electron chi connectivity index (χ0n) is 16.3. The molecule has 2 aliphatic rings. The second-order valence-corrected chi connectivity index (χ2v) is 8.33. The fraction of sp³-hybridized carbons (Fsp3) is 0.789. The number of aliphatic carboxylic acids is 1. The summed E-state index contributed by atoms with van der Waals surface area (Å²) in [4.78, 5) is 39.6. The van der Waals surface area contributed by atoms with E-state index in [1.807, 2.05) is 0 Å². The standard InChI is InChI=1S/C19H29N3O5/c1-19(2,3)27-18(26)22(14-8-6-13(7-9-14)17(24)25)12-16(23)21-10-4-5-15(21)11-20/h13-15H,4-10,12H2,1-3H3,(H,24,25)/t13-,14-,15-/m0/s1. The zero-order chi connectivity index (χ0) is 20.2. The number of carboxylic acids is 1. The molecule has 1 N–H and O–H groups in total. The molecule has 1 heterocycles. The van der Waals surface area contributed by atoms with Gasteiger partial charge < -0.3 is 14.7 Å². The summed E-state index contributed by atoms with van der Waals surface area (Å²) in [5, 5.41) is 18.4. The minimum Gasteiger partial charge on any atom is -0.481 e. The molecule has 2 amide bonds. The minimum atomic E-state index is -0.817. The highest BCUT2D eigenvalue weighted by Gasteiger charge is 2.37. The van der Waals surface area contributed by atoms with E-state index in [2.05, 4.69) is 6.07 Å². The lowest BCUT2D eigenvalue weighted by molar-refractivity contribution is -0.143. The fourth-order valence-corrected chi connectivity index (χ4v) is 3.73. The summed E-state index contributed by atoms with van der Waals surface area (Å²) in [5.41, 5.74) is -0.695. The number of nitrogens with zero attached hydrogens (tertiary/aromatic N) is 3. The molecule has 27 heavy (non-hydrogen) atoms. The quantitative estimate of drug-likeness (QED) is 0.803. The van der Waals surface area contributed by atoms with Gasteiger partial charge in [0.2, 0.25) is 5.91 Å². The van der Waals surface area contributed by atoms with E-state index < -0.39 is 29.6 Å². The average molecular weight is 379 g/mol. The molecule has 1 saturated heterocycles. The number of carbonyl (C=O) groups is 3. The van der Waals surface area contributed by atoms with Gasteiger partial charge in [0, 0.05) is 12.6 Å². The van der Waals surface area contributed by atoms with Crippen molar-refractivity contribution in [3.8, 4) is 6.07 Å². The van der Waals surface area contributed by atoms with E-state index >= 15 is 0 Å². The summed E-state index contributed by atoms with van der Waals surface area (Å²) >= 11 is 0. The number of nitriles is 1.